The molecule has 1 aromatic rings. The van der Waals surface area contributed by atoms with Crippen LogP contribution in [0, 0.1) is 17.3 Å². The van der Waals surface area contributed by atoms with Gasteiger partial charge in [-0.1, -0.05) is 13.8 Å². The van der Waals surface area contributed by atoms with E-state index < -0.39 is 0 Å². The van der Waals surface area contributed by atoms with Crippen molar-refractivity contribution in [3.63, 3.8) is 0 Å². The molecule has 5 heteroatoms. The second-order valence-corrected chi connectivity index (χ2v) is 10.1. The number of carbonyl (C=O) groups is 1. The number of hydrogen-bond acceptors (Lipinski definition) is 4. The Morgan fingerprint density at radius 3 is 2.32 bits per heavy atom. The van der Waals surface area contributed by atoms with Gasteiger partial charge in [-0.3, -0.25) is 4.68 Å². The fraction of sp³-hybridized carbons (Fsp3) is 0.826. The number of rotatable bonds is 7. The summed E-state index contributed by atoms with van der Waals surface area (Å²) in [6, 6.07) is 0. The quantitative estimate of drug-likeness (QED) is 0.674. The van der Waals surface area contributed by atoms with E-state index in [1.54, 1.807) is 0 Å². The predicted molar refractivity (Wildman–Crippen MR) is 112 cm³/mol. The minimum atomic E-state index is 0.367. The number of carbonyl (C=O) groups excluding carboxylic acids is 1. The van der Waals surface area contributed by atoms with Crippen molar-refractivity contribution in [2.24, 2.45) is 17.3 Å². The van der Waals surface area contributed by atoms with Crippen molar-refractivity contribution in [3.05, 3.63) is 18.0 Å². The Kier molecular flexibility index (Phi) is 6.21. The summed E-state index contributed by atoms with van der Waals surface area (Å²) in [4.78, 5) is 16.2. The van der Waals surface area contributed by atoms with Crippen LogP contribution >= 0.6 is 0 Å². The van der Waals surface area contributed by atoms with Gasteiger partial charge in [0.15, 0.2) is 0 Å². The van der Waals surface area contributed by atoms with Crippen LogP contribution < -0.4 is 0 Å². The van der Waals surface area contributed by atoms with Crippen molar-refractivity contribution in [2.75, 3.05) is 39.3 Å². The van der Waals surface area contributed by atoms with Gasteiger partial charge in [-0.25, -0.2) is 0 Å². The van der Waals surface area contributed by atoms with Crippen molar-refractivity contribution in [1.82, 2.24) is 19.6 Å². The standard InChI is InChI=1S/C23H38N4O/c1-19(2)22-15-24-27(17-22)16-20-3-7-25(8-4-20)11-12-26-9-5-23(6-10-26)13-21(14-23)18-28/h15,17-21H,3-14,16H2,1-2H3. The highest BCUT2D eigenvalue weighted by Crippen LogP contribution is 2.51. The van der Waals surface area contributed by atoms with Gasteiger partial charge in [0.05, 0.1) is 6.20 Å². The van der Waals surface area contributed by atoms with E-state index in [0.29, 0.717) is 17.3 Å². The van der Waals surface area contributed by atoms with E-state index in [0.717, 1.165) is 25.3 Å². The van der Waals surface area contributed by atoms with E-state index in [-0.39, 0.29) is 0 Å². The second kappa shape index (κ2) is 8.66. The molecule has 2 saturated heterocycles. The zero-order chi connectivity index (χ0) is 19.6. The molecule has 156 valence electrons. The van der Waals surface area contributed by atoms with Crippen LogP contribution in [0.3, 0.4) is 0 Å². The van der Waals surface area contributed by atoms with Gasteiger partial charge in [-0.15, -0.1) is 0 Å². The molecule has 3 aliphatic rings. The first kappa shape index (κ1) is 20.1. The largest absolute Gasteiger partial charge is 0.303 e. The van der Waals surface area contributed by atoms with E-state index >= 15 is 0 Å². The molecule has 0 aromatic carbocycles. The molecular formula is C23H38N4O. The molecule has 0 bridgehead atoms. The smallest absolute Gasteiger partial charge is 0.123 e. The SMILES string of the molecule is CC(C)c1cnn(CC2CCN(CCN3CCC4(CC3)CC(C=O)C4)CC2)c1. The third kappa shape index (κ3) is 4.68. The molecule has 0 N–H and O–H groups in total. The van der Waals surface area contributed by atoms with Crippen LogP contribution in [0.1, 0.15) is 63.9 Å². The average Bonchev–Trinajstić information content (AvgIpc) is 3.15. The maximum absolute atomic E-state index is 10.9. The number of aromatic nitrogens is 2. The van der Waals surface area contributed by atoms with Crippen LogP contribution in [-0.2, 0) is 11.3 Å². The molecule has 28 heavy (non-hydrogen) atoms. The molecule has 2 aliphatic heterocycles. The Labute approximate surface area is 170 Å². The molecule has 3 fully saturated rings. The topological polar surface area (TPSA) is 41.4 Å². The highest BCUT2D eigenvalue weighted by atomic mass is 16.1. The number of aldehydes is 1. The summed E-state index contributed by atoms with van der Waals surface area (Å²) in [6.45, 7) is 12.9. The Hall–Kier alpha value is -1.20. The molecular weight excluding hydrogens is 348 g/mol. The molecule has 5 nitrogen and oxygen atoms in total. The number of nitrogens with zero attached hydrogens (tertiary/aromatic N) is 4. The first-order chi connectivity index (χ1) is 13.5. The fourth-order valence-corrected chi connectivity index (χ4v) is 5.53. The third-order valence-corrected chi connectivity index (χ3v) is 7.70. The number of hydrogen-bond donors (Lipinski definition) is 0. The monoisotopic (exact) mass is 386 g/mol. The van der Waals surface area contributed by atoms with Gasteiger partial charge in [0.1, 0.15) is 6.29 Å². The van der Waals surface area contributed by atoms with Gasteiger partial charge >= 0.3 is 0 Å². The maximum atomic E-state index is 10.9. The van der Waals surface area contributed by atoms with Crippen LogP contribution in [0.5, 0.6) is 0 Å². The molecule has 0 amide bonds. The highest BCUT2D eigenvalue weighted by molar-refractivity contribution is 5.55. The zero-order valence-electron chi connectivity index (χ0n) is 17.9. The molecule has 1 spiro atoms. The van der Waals surface area contributed by atoms with E-state index in [2.05, 4.69) is 39.6 Å². The van der Waals surface area contributed by atoms with Crippen molar-refractivity contribution >= 4 is 6.29 Å². The van der Waals surface area contributed by atoms with Crippen molar-refractivity contribution in [1.29, 1.82) is 0 Å². The summed E-state index contributed by atoms with van der Waals surface area (Å²) < 4.78 is 2.16. The number of piperidine rings is 2. The first-order valence-corrected chi connectivity index (χ1v) is 11.5. The van der Waals surface area contributed by atoms with Gasteiger partial charge in [-0.2, -0.15) is 5.10 Å². The third-order valence-electron chi connectivity index (χ3n) is 7.70. The zero-order valence-corrected chi connectivity index (χ0v) is 17.9. The second-order valence-electron chi connectivity index (χ2n) is 10.1. The Morgan fingerprint density at radius 2 is 1.75 bits per heavy atom. The van der Waals surface area contributed by atoms with E-state index in [4.69, 9.17) is 0 Å². The maximum Gasteiger partial charge on any atom is 0.123 e. The molecule has 3 heterocycles. The molecule has 0 radical (unpaired) electrons. The van der Waals surface area contributed by atoms with Crippen molar-refractivity contribution in [3.8, 4) is 0 Å². The van der Waals surface area contributed by atoms with Crippen LogP contribution in [0.15, 0.2) is 12.4 Å². The van der Waals surface area contributed by atoms with Crippen LogP contribution in [-0.4, -0.2) is 65.1 Å². The van der Waals surface area contributed by atoms with Crippen LogP contribution in [0.4, 0.5) is 0 Å². The Morgan fingerprint density at radius 1 is 1.11 bits per heavy atom. The average molecular weight is 387 g/mol. The van der Waals surface area contributed by atoms with Gasteiger partial charge in [-0.05, 0) is 87.5 Å². The molecule has 0 unspecified atom stereocenters. The minimum Gasteiger partial charge on any atom is -0.303 e. The predicted octanol–water partition coefficient (Wildman–Crippen LogP) is 3.41. The summed E-state index contributed by atoms with van der Waals surface area (Å²) in [5, 5.41) is 4.56. The lowest BCUT2D eigenvalue weighted by atomic mass is 9.58. The van der Waals surface area contributed by atoms with E-state index in [9.17, 15) is 4.79 Å². The minimum absolute atomic E-state index is 0.367. The summed E-state index contributed by atoms with van der Waals surface area (Å²) in [6.07, 6.45) is 13.0. The van der Waals surface area contributed by atoms with E-state index in [1.807, 2.05) is 6.20 Å². The molecule has 4 rings (SSSR count). The summed E-state index contributed by atoms with van der Waals surface area (Å²) >= 11 is 0. The van der Waals surface area contributed by atoms with Gasteiger partial charge in [0, 0.05) is 31.7 Å². The lowest BCUT2D eigenvalue weighted by molar-refractivity contribution is -0.120. The fourth-order valence-electron chi connectivity index (χ4n) is 5.53. The molecule has 0 atom stereocenters. The van der Waals surface area contributed by atoms with Crippen molar-refractivity contribution < 1.29 is 4.79 Å². The molecule has 1 saturated carbocycles. The highest BCUT2D eigenvalue weighted by Gasteiger charge is 2.45. The number of likely N-dealkylation sites (tertiary alicyclic amines) is 2. The van der Waals surface area contributed by atoms with Gasteiger partial charge in [0.25, 0.3) is 0 Å². The van der Waals surface area contributed by atoms with E-state index in [1.165, 1.54) is 76.8 Å². The van der Waals surface area contributed by atoms with Gasteiger partial charge in [0.2, 0.25) is 0 Å². The summed E-state index contributed by atoms with van der Waals surface area (Å²) in [5.41, 5.74) is 1.88. The Bertz CT molecular complexity index is 631. The molecule has 1 aromatic heterocycles. The van der Waals surface area contributed by atoms with Crippen molar-refractivity contribution in [2.45, 2.75) is 64.8 Å². The Balaban J connectivity index is 1.12. The lowest BCUT2D eigenvalue weighted by Gasteiger charge is -2.51. The summed E-state index contributed by atoms with van der Waals surface area (Å²) in [7, 11) is 0. The van der Waals surface area contributed by atoms with Crippen LogP contribution in [0.25, 0.3) is 0 Å². The lowest BCUT2D eigenvalue weighted by Crippen LogP contribution is -2.49. The van der Waals surface area contributed by atoms with Crippen LogP contribution in [0.2, 0.25) is 0 Å². The first-order valence-electron chi connectivity index (χ1n) is 11.5. The molecule has 1 aliphatic carbocycles. The van der Waals surface area contributed by atoms with Gasteiger partial charge < -0.3 is 14.6 Å². The summed E-state index contributed by atoms with van der Waals surface area (Å²) in [5.74, 6) is 1.71. The normalized spacial score (nSPS) is 24.7.